The van der Waals surface area contributed by atoms with E-state index in [-0.39, 0.29) is 24.4 Å². The summed E-state index contributed by atoms with van der Waals surface area (Å²) in [5.74, 6) is 0.503. The van der Waals surface area contributed by atoms with Gasteiger partial charge in [0.15, 0.2) is 0 Å². The Balaban J connectivity index is 1.56. The number of benzene rings is 3. The Kier molecular flexibility index (Phi) is 7.55. The lowest BCUT2D eigenvalue weighted by molar-refractivity contribution is -0.115. The predicted molar refractivity (Wildman–Crippen MR) is 139 cm³/mol. The Hall–Kier alpha value is -4.00. The molecule has 3 aromatic carbocycles. The number of hydrogen-bond donors (Lipinski definition) is 2. The lowest BCUT2D eigenvalue weighted by atomic mass is 10.1. The lowest BCUT2D eigenvalue weighted by Crippen LogP contribution is -2.37. The zero-order valence-corrected chi connectivity index (χ0v) is 20.3. The number of carbonyl (C=O) groups is 2. The molecule has 1 heterocycles. The molecule has 0 fully saturated rings. The fourth-order valence-corrected chi connectivity index (χ4v) is 4.30. The highest BCUT2D eigenvalue weighted by molar-refractivity contribution is 6.05. The molecule has 4 rings (SSSR count). The third-order valence-corrected chi connectivity index (χ3v) is 5.90. The highest BCUT2D eigenvalue weighted by Crippen LogP contribution is 2.37. The quantitative estimate of drug-likeness (QED) is 0.451. The zero-order chi connectivity index (χ0) is 24.8. The molecule has 3 aromatic rings. The van der Waals surface area contributed by atoms with Crippen LogP contribution in [0.15, 0.2) is 66.7 Å². The molecule has 0 aliphatic carbocycles. The van der Waals surface area contributed by atoms with E-state index in [0.29, 0.717) is 41.7 Å². The summed E-state index contributed by atoms with van der Waals surface area (Å²) in [6, 6.07) is 20.8. The van der Waals surface area contributed by atoms with Crippen LogP contribution in [0.2, 0.25) is 0 Å². The molecule has 1 unspecified atom stereocenters. The van der Waals surface area contributed by atoms with Gasteiger partial charge in [0.25, 0.3) is 5.91 Å². The van der Waals surface area contributed by atoms with Crippen molar-refractivity contribution in [2.45, 2.75) is 33.2 Å². The minimum absolute atomic E-state index is 0.155. The van der Waals surface area contributed by atoms with E-state index >= 15 is 0 Å². The molecular weight excluding hydrogens is 442 g/mol. The van der Waals surface area contributed by atoms with Crippen LogP contribution in [0.5, 0.6) is 11.5 Å². The summed E-state index contributed by atoms with van der Waals surface area (Å²) in [5.41, 5.74) is 3.85. The van der Waals surface area contributed by atoms with E-state index in [2.05, 4.69) is 34.6 Å². The SMILES string of the molecule is CCOc1cc(NC(=O)c2ccccc2)c(OCC)cc1NC(=O)CN1c2ccccc2CC1C. The van der Waals surface area contributed by atoms with E-state index in [1.807, 2.05) is 44.2 Å². The van der Waals surface area contributed by atoms with Crippen molar-refractivity contribution < 1.29 is 19.1 Å². The number of nitrogens with zero attached hydrogens (tertiary/aromatic N) is 1. The first-order valence-corrected chi connectivity index (χ1v) is 11.9. The van der Waals surface area contributed by atoms with Crippen molar-refractivity contribution >= 4 is 28.9 Å². The summed E-state index contributed by atoms with van der Waals surface area (Å²) in [7, 11) is 0. The molecule has 182 valence electrons. The van der Waals surface area contributed by atoms with Gasteiger partial charge >= 0.3 is 0 Å². The first kappa shape index (κ1) is 24.1. The second kappa shape index (κ2) is 11.0. The molecule has 0 saturated carbocycles. The molecule has 35 heavy (non-hydrogen) atoms. The van der Waals surface area contributed by atoms with Gasteiger partial charge in [-0.05, 0) is 51.0 Å². The largest absolute Gasteiger partial charge is 0.492 e. The highest BCUT2D eigenvalue weighted by Gasteiger charge is 2.27. The van der Waals surface area contributed by atoms with Crippen LogP contribution in [0, 0.1) is 0 Å². The Morgan fingerprint density at radius 1 is 0.886 bits per heavy atom. The first-order valence-electron chi connectivity index (χ1n) is 11.9. The Labute approximate surface area is 206 Å². The third-order valence-electron chi connectivity index (χ3n) is 5.90. The monoisotopic (exact) mass is 473 g/mol. The smallest absolute Gasteiger partial charge is 0.255 e. The number of hydrogen-bond acceptors (Lipinski definition) is 5. The van der Waals surface area contributed by atoms with Crippen LogP contribution in [-0.4, -0.2) is 37.6 Å². The Bertz CT molecular complexity index is 1200. The van der Waals surface area contributed by atoms with Crippen molar-refractivity contribution in [2.75, 3.05) is 35.3 Å². The molecule has 0 radical (unpaired) electrons. The minimum Gasteiger partial charge on any atom is -0.492 e. The van der Waals surface area contributed by atoms with Crippen molar-refractivity contribution in [3.63, 3.8) is 0 Å². The van der Waals surface area contributed by atoms with Crippen LogP contribution >= 0.6 is 0 Å². The number of fused-ring (bicyclic) bond motifs is 1. The van der Waals surface area contributed by atoms with Gasteiger partial charge in [-0.25, -0.2) is 0 Å². The summed E-state index contributed by atoms with van der Waals surface area (Å²) in [5, 5.41) is 5.89. The molecule has 1 atom stereocenters. The van der Waals surface area contributed by atoms with E-state index in [1.54, 1.807) is 24.3 Å². The number of ether oxygens (including phenoxy) is 2. The second-order valence-electron chi connectivity index (χ2n) is 8.39. The van der Waals surface area contributed by atoms with Gasteiger partial charge in [-0.1, -0.05) is 36.4 Å². The van der Waals surface area contributed by atoms with E-state index in [9.17, 15) is 9.59 Å². The summed E-state index contributed by atoms with van der Waals surface area (Å²) < 4.78 is 11.6. The normalized spacial score (nSPS) is 14.3. The average Bonchev–Trinajstić information content (AvgIpc) is 3.17. The summed E-state index contributed by atoms with van der Waals surface area (Å²) in [6.45, 7) is 6.88. The van der Waals surface area contributed by atoms with E-state index in [4.69, 9.17) is 9.47 Å². The molecule has 2 N–H and O–H groups in total. The number of carbonyl (C=O) groups excluding carboxylic acids is 2. The van der Waals surface area contributed by atoms with Crippen LogP contribution in [0.1, 0.15) is 36.7 Å². The molecule has 0 saturated heterocycles. The van der Waals surface area contributed by atoms with Gasteiger partial charge in [0.2, 0.25) is 5.91 Å². The van der Waals surface area contributed by atoms with Gasteiger partial charge in [0.1, 0.15) is 11.5 Å². The number of amides is 2. The fourth-order valence-electron chi connectivity index (χ4n) is 4.30. The molecule has 0 aromatic heterocycles. The van der Waals surface area contributed by atoms with Crippen LogP contribution in [0.4, 0.5) is 17.1 Å². The molecule has 7 heteroatoms. The predicted octanol–water partition coefficient (Wildman–Crippen LogP) is 5.13. The lowest BCUT2D eigenvalue weighted by Gasteiger charge is -2.24. The van der Waals surface area contributed by atoms with Crippen molar-refractivity contribution in [1.82, 2.24) is 0 Å². The number of rotatable bonds is 9. The van der Waals surface area contributed by atoms with Gasteiger partial charge in [-0.2, -0.15) is 0 Å². The maximum atomic E-state index is 13.1. The fraction of sp³-hybridized carbons (Fsp3) is 0.286. The molecule has 0 bridgehead atoms. The van der Waals surface area contributed by atoms with Gasteiger partial charge < -0.3 is 25.0 Å². The number of nitrogens with one attached hydrogen (secondary N) is 2. The Morgan fingerprint density at radius 3 is 2.14 bits per heavy atom. The molecule has 1 aliphatic heterocycles. The van der Waals surface area contributed by atoms with Gasteiger partial charge in [0, 0.05) is 29.4 Å². The first-order chi connectivity index (χ1) is 17.0. The maximum Gasteiger partial charge on any atom is 0.255 e. The van der Waals surface area contributed by atoms with Crippen molar-refractivity contribution in [3.05, 3.63) is 77.9 Å². The average molecular weight is 474 g/mol. The molecule has 0 spiro atoms. The topological polar surface area (TPSA) is 79.9 Å². The second-order valence-corrected chi connectivity index (χ2v) is 8.39. The molecule has 7 nitrogen and oxygen atoms in total. The number of para-hydroxylation sites is 1. The molecule has 2 amide bonds. The summed E-state index contributed by atoms with van der Waals surface area (Å²) in [6.07, 6.45) is 0.915. The van der Waals surface area contributed by atoms with Crippen molar-refractivity contribution in [2.24, 2.45) is 0 Å². The summed E-state index contributed by atoms with van der Waals surface area (Å²) in [4.78, 5) is 27.9. The molecular formula is C28H31N3O4. The van der Waals surface area contributed by atoms with Crippen LogP contribution in [0.25, 0.3) is 0 Å². The standard InChI is InChI=1S/C28H31N3O4/c1-4-34-25-17-23(30-28(33)20-11-7-6-8-12-20)26(35-5-2)16-22(25)29-27(32)18-31-19(3)15-21-13-9-10-14-24(21)31/h6-14,16-17,19H,4-5,15,18H2,1-3H3,(H,29,32)(H,30,33). The van der Waals surface area contributed by atoms with Crippen LogP contribution in [0.3, 0.4) is 0 Å². The van der Waals surface area contributed by atoms with E-state index in [1.165, 1.54) is 5.56 Å². The van der Waals surface area contributed by atoms with Crippen LogP contribution in [-0.2, 0) is 11.2 Å². The van der Waals surface area contributed by atoms with Crippen molar-refractivity contribution in [1.29, 1.82) is 0 Å². The highest BCUT2D eigenvalue weighted by atomic mass is 16.5. The molecule has 1 aliphatic rings. The third kappa shape index (κ3) is 5.57. The Morgan fingerprint density at radius 2 is 1.49 bits per heavy atom. The summed E-state index contributed by atoms with van der Waals surface area (Å²) >= 11 is 0. The number of anilines is 3. The van der Waals surface area contributed by atoms with E-state index in [0.717, 1.165) is 12.1 Å². The minimum atomic E-state index is -0.257. The van der Waals surface area contributed by atoms with E-state index < -0.39 is 0 Å². The van der Waals surface area contributed by atoms with Gasteiger partial charge in [0.05, 0.1) is 31.1 Å². The van der Waals surface area contributed by atoms with Gasteiger partial charge in [-0.15, -0.1) is 0 Å². The zero-order valence-electron chi connectivity index (χ0n) is 20.3. The van der Waals surface area contributed by atoms with Crippen LogP contribution < -0.4 is 25.0 Å². The maximum absolute atomic E-state index is 13.1. The van der Waals surface area contributed by atoms with Gasteiger partial charge in [-0.3, -0.25) is 9.59 Å². The van der Waals surface area contributed by atoms with Crippen molar-refractivity contribution in [3.8, 4) is 11.5 Å².